The molecule has 0 aliphatic heterocycles. The zero-order chi connectivity index (χ0) is 10.6. The fourth-order valence-corrected chi connectivity index (χ4v) is 2.13. The predicted molar refractivity (Wildman–Crippen MR) is 57.9 cm³/mol. The number of nitrogens with two attached hydrogens (primary N) is 1. The van der Waals surface area contributed by atoms with Gasteiger partial charge in [-0.1, -0.05) is 25.7 Å². The Morgan fingerprint density at radius 2 is 2.07 bits per heavy atom. The third-order valence-corrected chi connectivity index (χ3v) is 3.11. The highest BCUT2D eigenvalue weighted by molar-refractivity contribution is 5.80. The Kier molecular flexibility index (Phi) is 4.39. The van der Waals surface area contributed by atoms with Crippen LogP contribution in [0.15, 0.2) is 0 Å². The molecule has 1 aliphatic carbocycles. The highest BCUT2D eigenvalue weighted by Gasteiger charge is 2.18. The lowest BCUT2D eigenvalue weighted by Crippen LogP contribution is -2.40. The summed E-state index contributed by atoms with van der Waals surface area (Å²) in [6.45, 7) is 2.61. The average molecular weight is 198 g/mol. The second-order valence-corrected chi connectivity index (χ2v) is 4.49. The van der Waals surface area contributed by atoms with E-state index in [1.54, 1.807) is 11.8 Å². The molecule has 3 nitrogen and oxygen atoms in total. The van der Waals surface area contributed by atoms with Gasteiger partial charge >= 0.3 is 0 Å². The summed E-state index contributed by atoms with van der Waals surface area (Å²) in [6, 6.07) is -0.358. The van der Waals surface area contributed by atoms with Gasteiger partial charge in [0.2, 0.25) is 5.91 Å². The van der Waals surface area contributed by atoms with Gasteiger partial charge in [0.05, 0.1) is 6.04 Å². The zero-order valence-corrected chi connectivity index (χ0v) is 9.33. The molecule has 0 aromatic rings. The predicted octanol–water partition coefficient (Wildman–Crippen LogP) is 1.37. The van der Waals surface area contributed by atoms with E-state index in [2.05, 4.69) is 0 Å². The van der Waals surface area contributed by atoms with Gasteiger partial charge < -0.3 is 10.6 Å². The van der Waals surface area contributed by atoms with Crippen LogP contribution in [0.25, 0.3) is 0 Å². The molecule has 1 fully saturated rings. The Bertz CT molecular complexity index is 186. The highest BCUT2D eigenvalue weighted by Crippen LogP contribution is 2.27. The quantitative estimate of drug-likeness (QED) is 0.741. The van der Waals surface area contributed by atoms with Crippen LogP contribution in [0.4, 0.5) is 0 Å². The molecule has 1 unspecified atom stereocenters. The van der Waals surface area contributed by atoms with Gasteiger partial charge in [0, 0.05) is 13.6 Å². The van der Waals surface area contributed by atoms with E-state index in [1.165, 1.54) is 25.7 Å². The van der Waals surface area contributed by atoms with Crippen LogP contribution in [-0.4, -0.2) is 30.4 Å². The van der Waals surface area contributed by atoms with Crippen molar-refractivity contribution in [2.24, 2.45) is 11.7 Å². The van der Waals surface area contributed by atoms with E-state index < -0.39 is 0 Å². The van der Waals surface area contributed by atoms with Crippen LogP contribution in [-0.2, 0) is 4.79 Å². The first-order valence-corrected chi connectivity index (χ1v) is 5.62. The Morgan fingerprint density at radius 1 is 1.50 bits per heavy atom. The second-order valence-electron chi connectivity index (χ2n) is 4.49. The molecule has 3 heteroatoms. The fraction of sp³-hybridized carbons (Fsp3) is 0.909. The molecule has 0 heterocycles. The average Bonchev–Trinajstić information content (AvgIpc) is 2.65. The first-order chi connectivity index (χ1) is 6.61. The molecule has 1 amide bonds. The summed E-state index contributed by atoms with van der Waals surface area (Å²) in [5.74, 6) is 0.904. The topological polar surface area (TPSA) is 46.3 Å². The van der Waals surface area contributed by atoms with Gasteiger partial charge in [-0.05, 0) is 19.3 Å². The van der Waals surface area contributed by atoms with E-state index in [0.29, 0.717) is 0 Å². The zero-order valence-electron chi connectivity index (χ0n) is 9.33. The van der Waals surface area contributed by atoms with E-state index in [4.69, 9.17) is 5.73 Å². The number of amides is 1. The molecule has 0 aromatic carbocycles. The molecular weight excluding hydrogens is 176 g/mol. The Labute approximate surface area is 86.6 Å². The van der Waals surface area contributed by atoms with E-state index >= 15 is 0 Å². The molecule has 0 aromatic heterocycles. The van der Waals surface area contributed by atoms with Crippen molar-refractivity contribution < 1.29 is 4.79 Å². The minimum Gasteiger partial charge on any atom is -0.344 e. The number of rotatable bonds is 4. The SMILES string of the molecule is CC(N)C(=O)N(C)CCC1CCCC1. The van der Waals surface area contributed by atoms with Crippen molar-refractivity contribution in [2.75, 3.05) is 13.6 Å². The third-order valence-electron chi connectivity index (χ3n) is 3.11. The largest absolute Gasteiger partial charge is 0.344 e. The molecule has 1 saturated carbocycles. The summed E-state index contributed by atoms with van der Waals surface area (Å²) in [5, 5.41) is 0. The van der Waals surface area contributed by atoms with E-state index in [-0.39, 0.29) is 11.9 Å². The lowest BCUT2D eigenvalue weighted by atomic mass is 10.0. The van der Waals surface area contributed by atoms with E-state index in [1.807, 2.05) is 7.05 Å². The second kappa shape index (κ2) is 5.35. The van der Waals surface area contributed by atoms with E-state index in [9.17, 15) is 4.79 Å². The lowest BCUT2D eigenvalue weighted by Gasteiger charge is -2.20. The summed E-state index contributed by atoms with van der Waals surface area (Å²) in [4.78, 5) is 13.2. The summed E-state index contributed by atoms with van der Waals surface area (Å²) < 4.78 is 0. The number of nitrogens with zero attached hydrogens (tertiary/aromatic N) is 1. The molecule has 0 spiro atoms. The molecule has 14 heavy (non-hydrogen) atoms. The first-order valence-electron chi connectivity index (χ1n) is 5.62. The van der Waals surface area contributed by atoms with Gasteiger partial charge in [0.15, 0.2) is 0 Å². The molecule has 1 rings (SSSR count). The Morgan fingerprint density at radius 3 is 2.57 bits per heavy atom. The van der Waals surface area contributed by atoms with Crippen molar-refractivity contribution in [3.05, 3.63) is 0 Å². The summed E-state index contributed by atoms with van der Waals surface area (Å²) in [5.41, 5.74) is 5.53. The number of hydrogen-bond acceptors (Lipinski definition) is 2. The minimum absolute atomic E-state index is 0.0583. The fourth-order valence-electron chi connectivity index (χ4n) is 2.13. The van der Waals surface area contributed by atoms with Crippen molar-refractivity contribution in [3.63, 3.8) is 0 Å². The van der Waals surface area contributed by atoms with Crippen molar-refractivity contribution in [1.82, 2.24) is 4.90 Å². The number of likely N-dealkylation sites (N-methyl/N-ethyl adjacent to an activating group) is 1. The molecule has 0 radical (unpaired) electrons. The summed E-state index contributed by atoms with van der Waals surface area (Å²) in [6.07, 6.45) is 6.58. The summed E-state index contributed by atoms with van der Waals surface area (Å²) in [7, 11) is 1.85. The Balaban J connectivity index is 2.19. The molecule has 0 bridgehead atoms. The maximum absolute atomic E-state index is 11.4. The van der Waals surface area contributed by atoms with Crippen molar-refractivity contribution in [3.8, 4) is 0 Å². The van der Waals surface area contributed by atoms with Crippen molar-refractivity contribution in [1.29, 1.82) is 0 Å². The highest BCUT2D eigenvalue weighted by atomic mass is 16.2. The van der Waals surface area contributed by atoms with Gasteiger partial charge in [0.1, 0.15) is 0 Å². The maximum Gasteiger partial charge on any atom is 0.238 e. The van der Waals surface area contributed by atoms with Gasteiger partial charge in [-0.15, -0.1) is 0 Å². The number of carbonyl (C=O) groups is 1. The van der Waals surface area contributed by atoms with Crippen LogP contribution >= 0.6 is 0 Å². The van der Waals surface area contributed by atoms with Crippen LogP contribution in [0.5, 0.6) is 0 Å². The standard InChI is InChI=1S/C11H22N2O/c1-9(12)11(14)13(2)8-7-10-5-3-4-6-10/h9-10H,3-8,12H2,1-2H3. The number of carbonyl (C=O) groups excluding carboxylic acids is 1. The molecule has 1 aliphatic rings. The van der Waals surface area contributed by atoms with Gasteiger partial charge in [-0.25, -0.2) is 0 Å². The van der Waals surface area contributed by atoms with Crippen molar-refractivity contribution in [2.45, 2.75) is 45.1 Å². The minimum atomic E-state index is -0.358. The molecule has 2 N–H and O–H groups in total. The number of hydrogen-bond donors (Lipinski definition) is 1. The van der Waals surface area contributed by atoms with Crippen LogP contribution in [0, 0.1) is 5.92 Å². The maximum atomic E-state index is 11.4. The first kappa shape index (κ1) is 11.5. The van der Waals surface area contributed by atoms with E-state index in [0.717, 1.165) is 18.9 Å². The van der Waals surface area contributed by atoms with Crippen LogP contribution in [0.2, 0.25) is 0 Å². The van der Waals surface area contributed by atoms with Crippen molar-refractivity contribution >= 4 is 5.91 Å². The lowest BCUT2D eigenvalue weighted by molar-refractivity contribution is -0.131. The van der Waals surface area contributed by atoms with Crippen LogP contribution in [0.3, 0.4) is 0 Å². The molecule has 82 valence electrons. The Hall–Kier alpha value is -0.570. The van der Waals surface area contributed by atoms with Gasteiger partial charge in [-0.2, -0.15) is 0 Å². The third kappa shape index (κ3) is 3.29. The molecule has 1 atom stereocenters. The summed E-state index contributed by atoms with van der Waals surface area (Å²) >= 11 is 0. The molecule has 0 saturated heterocycles. The smallest absolute Gasteiger partial charge is 0.238 e. The van der Waals surface area contributed by atoms with Crippen LogP contribution < -0.4 is 5.73 Å². The normalized spacial score (nSPS) is 19.6. The monoisotopic (exact) mass is 198 g/mol. The van der Waals surface area contributed by atoms with Crippen LogP contribution in [0.1, 0.15) is 39.0 Å². The van der Waals surface area contributed by atoms with Gasteiger partial charge in [0.25, 0.3) is 0 Å². The molecular formula is C11H22N2O. The van der Waals surface area contributed by atoms with Gasteiger partial charge in [-0.3, -0.25) is 4.79 Å².